The fourth-order valence-electron chi connectivity index (χ4n) is 3.63. The van der Waals surface area contributed by atoms with Crippen molar-refractivity contribution in [2.24, 2.45) is 0 Å². The molecule has 2 aromatic rings. The molecule has 3 rings (SSSR count). The van der Waals surface area contributed by atoms with Gasteiger partial charge in [0.1, 0.15) is 0 Å². The van der Waals surface area contributed by atoms with Crippen LogP contribution in [0.2, 0.25) is 0 Å². The molecule has 0 fully saturated rings. The fraction of sp³-hybridized carbons (Fsp3) is 0.333. The molecular weight excluding hydrogens is 312 g/mol. The molecule has 0 saturated heterocycles. The fourth-order valence-corrected chi connectivity index (χ4v) is 3.63. The first kappa shape index (κ1) is 17.2. The lowest BCUT2D eigenvalue weighted by molar-refractivity contribution is -0.135. The van der Waals surface area contributed by atoms with Gasteiger partial charge in [-0.3, -0.25) is 9.59 Å². The van der Waals surface area contributed by atoms with Crippen LogP contribution in [-0.2, 0) is 21.4 Å². The first-order valence-corrected chi connectivity index (χ1v) is 8.65. The van der Waals surface area contributed by atoms with Crippen molar-refractivity contribution in [1.82, 2.24) is 4.90 Å². The number of rotatable bonds is 5. The van der Waals surface area contributed by atoms with E-state index in [4.69, 9.17) is 0 Å². The average molecular weight is 336 g/mol. The van der Waals surface area contributed by atoms with E-state index < -0.39 is 5.41 Å². The summed E-state index contributed by atoms with van der Waals surface area (Å²) in [6, 6.07) is 17.7. The number of anilines is 1. The molecule has 4 nitrogen and oxygen atoms in total. The number of fused-ring (bicyclic) bond motifs is 1. The maximum Gasteiger partial charge on any atom is 0.238 e. The minimum Gasteiger partial charge on any atom is -0.346 e. The van der Waals surface area contributed by atoms with Gasteiger partial charge in [-0.1, -0.05) is 48.5 Å². The van der Waals surface area contributed by atoms with Gasteiger partial charge in [0, 0.05) is 32.7 Å². The Morgan fingerprint density at radius 1 is 1.08 bits per heavy atom. The lowest BCUT2D eigenvalue weighted by Gasteiger charge is -2.30. The van der Waals surface area contributed by atoms with Gasteiger partial charge in [0.05, 0.1) is 5.41 Å². The zero-order chi connectivity index (χ0) is 18.0. The summed E-state index contributed by atoms with van der Waals surface area (Å²) in [6.45, 7) is 2.57. The summed E-state index contributed by atoms with van der Waals surface area (Å²) < 4.78 is 0. The topological polar surface area (TPSA) is 40.6 Å². The van der Waals surface area contributed by atoms with Crippen molar-refractivity contribution in [3.05, 3.63) is 65.7 Å². The first-order valence-electron chi connectivity index (χ1n) is 8.65. The van der Waals surface area contributed by atoms with E-state index in [9.17, 15) is 9.59 Å². The molecule has 1 unspecified atom stereocenters. The molecule has 0 radical (unpaired) electrons. The van der Waals surface area contributed by atoms with E-state index >= 15 is 0 Å². The molecule has 1 atom stereocenters. The maximum absolute atomic E-state index is 13.3. The standard InChI is InChI=1S/C21H24N2O2/c1-4-22(2)19(24)15-21(14-16-10-6-5-7-11-16)17-12-8-9-13-18(17)23(3)20(21)25/h5-13H,4,14-15H2,1-3H3. The van der Waals surface area contributed by atoms with E-state index in [0.717, 1.165) is 16.8 Å². The number of para-hydroxylation sites is 1. The Balaban J connectivity index is 2.09. The molecule has 0 aliphatic carbocycles. The summed E-state index contributed by atoms with van der Waals surface area (Å²) in [7, 11) is 3.58. The van der Waals surface area contributed by atoms with Crippen LogP contribution in [0.4, 0.5) is 5.69 Å². The molecule has 0 N–H and O–H groups in total. The highest BCUT2D eigenvalue weighted by molar-refractivity contribution is 6.09. The second-order valence-corrected chi connectivity index (χ2v) is 6.71. The number of hydrogen-bond donors (Lipinski definition) is 0. The van der Waals surface area contributed by atoms with Crippen molar-refractivity contribution in [2.75, 3.05) is 25.5 Å². The van der Waals surface area contributed by atoms with Gasteiger partial charge in [0.2, 0.25) is 11.8 Å². The molecular formula is C21H24N2O2. The van der Waals surface area contributed by atoms with E-state index in [2.05, 4.69) is 0 Å². The molecule has 25 heavy (non-hydrogen) atoms. The molecule has 4 heteroatoms. The van der Waals surface area contributed by atoms with Crippen molar-refractivity contribution >= 4 is 17.5 Å². The van der Waals surface area contributed by atoms with Gasteiger partial charge in [-0.05, 0) is 30.5 Å². The Kier molecular flexibility index (Phi) is 4.62. The summed E-state index contributed by atoms with van der Waals surface area (Å²) in [5.74, 6) is -0.00714. The monoisotopic (exact) mass is 336 g/mol. The van der Waals surface area contributed by atoms with Gasteiger partial charge in [-0.2, -0.15) is 0 Å². The number of likely N-dealkylation sites (N-methyl/N-ethyl adjacent to an activating group) is 1. The lowest BCUT2D eigenvalue weighted by Crippen LogP contribution is -2.44. The van der Waals surface area contributed by atoms with E-state index in [1.807, 2.05) is 61.5 Å². The highest BCUT2D eigenvalue weighted by Gasteiger charge is 2.50. The largest absolute Gasteiger partial charge is 0.346 e. The predicted octanol–water partition coefficient (Wildman–Crippen LogP) is 3.01. The van der Waals surface area contributed by atoms with E-state index in [-0.39, 0.29) is 18.2 Å². The molecule has 1 aliphatic heterocycles. The Hall–Kier alpha value is -2.62. The number of nitrogens with zero attached hydrogens (tertiary/aromatic N) is 2. The van der Waals surface area contributed by atoms with E-state index in [1.54, 1.807) is 23.9 Å². The molecule has 0 spiro atoms. The van der Waals surface area contributed by atoms with Crippen LogP contribution >= 0.6 is 0 Å². The third-order valence-corrected chi connectivity index (χ3v) is 5.20. The maximum atomic E-state index is 13.3. The third-order valence-electron chi connectivity index (χ3n) is 5.20. The van der Waals surface area contributed by atoms with Crippen LogP contribution in [0.25, 0.3) is 0 Å². The van der Waals surface area contributed by atoms with Crippen LogP contribution in [-0.4, -0.2) is 37.4 Å². The molecule has 1 aliphatic rings. The average Bonchev–Trinajstić information content (AvgIpc) is 2.84. The normalized spacial score (nSPS) is 19.0. The minimum absolute atomic E-state index is 0.00289. The van der Waals surface area contributed by atoms with Crippen LogP contribution < -0.4 is 4.90 Å². The number of amides is 2. The molecule has 0 bridgehead atoms. The Bertz CT molecular complexity index is 787. The van der Waals surface area contributed by atoms with Crippen molar-refractivity contribution in [3.63, 3.8) is 0 Å². The van der Waals surface area contributed by atoms with Crippen molar-refractivity contribution in [2.45, 2.75) is 25.2 Å². The van der Waals surface area contributed by atoms with Crippen molar-refractivity contribution in [1.29, 1.82) is 0 Å². The van der Waals surface area contributed by atoms with Gasteiger partial charge < -0.3 is 9.80 Å². The first-order chi connectivity index (χ1) is 12.0. The lowest BCUT2D eigenvalue weighted by atomic mass is 9.73. The molecule has 130 valence electrons. The highest BCUT2D eigenvalue weighted by Crippen LogP contribution is 2.45. The van der Waals surface area contributed by atoms with E-state index in [1.165, 1.54) is 0 Å². The number of carbonyl (C=O) groups excluding carboxylic acids is 2. The van der Waals surface area contributed by atoms with Gasteiger partial charge in [-0.25, -0.2) is 0 Å². The Morgan fingerprint density at radius 2 is 1.72 bits per heavy atom. The van der Waals surface area contributed by atoms with Gasteiger partial charge in [0.25, 0.3) is 0 Å². The highest BCUT2D eigenvalue weighted by atomic mass is 16.2. The molecule has 1 heterocycles. The second kappa shape index (κ2) is 6.71. The van der Waals surface area contributed by atoms with Gasteiger partial charge in [-0.15, -0.1) is 0 Å². The molecule has 0 saturated carbocycles. The summed E-state index contributed by atoms with van der Waals surface area (Å²) in [5, 5.41) is 0. The van der Waals surface area contributed by atoms with Crippen molar-refractivity contribution in [3.8, 4) is 0 Å². The number of carbonyl (C=O) groups is 2. The summed E-state index contributed by atoms with van der Waals surface area (Å²) >= 11 is 0. The Labute approximate surface area is 149 Å². The van der Waals surface area contributed by atoms with Crippen molar-refractivity contribution < 1.29 is 9.59 Å². The number of benzene rings is 2. The van der Waals surface area contributed by atoms with E-state index in [0.29, 0.717) is 13.0 Å². The number of hydrogen-bond acceptors (Lipinski definition) is 2. The quantitative estimate of drug-likeness (QED) is 0.842. The Morgan fingerprint density at radius 3 is 2.40 bits per heavy atom. The predicted molar refractivity (Wildman–Crippen MR) is 99.6 cm³/mol. The van der Waals surface area contributed by atoms with Crippen LogP contribution in [0.15, 0.2) is 54.6 Å². The second-order valence-electron chi connectivity index (χ2n) is 6.71. The molecule has 2 aromatic carbocycles. The third kappa shape index (κ3) is 2.93. The summed E-state index contributed by atoms with van der Waals surface area (Å²) in [4.78, 5) is 29.4. The molecule has 0 aromatic heterocycles. The van der Waals surface area contributed by atoms with Crippen LogP contribution in [0, 0.1) is 0 Å². The van der Waals surface area contributed by atoms with Gasteiger partial charge >= 0.3 is 0 Å². The zero-order valence-electron chi connectivity index (χ0n) is 15.0. The molecule has 2 amide bonds. The smallest absolute Gasteiger partial charge is 0.238 e. The zero-order valence-corrected chi connectivity index (χ0v) is 15.0. The van der Waals surface area contributed by atoms with Crippen LogP contribution in [0.5, 0.6) is 0 Å². The summed E-state index contributed by atoms with van der Waals surface area (Å²) in [5.41, 5.74) is 2.07. The van der Waals surface area contributed by atoms with Crippen LogP contribution in [0.1, 0.15) is 24.5 Å². The van der Waals surface area contributed by atoms with Crippen LogP contribution in [0.3, 0.4) is 0 Å². The van der Waals surface area contributed by atoms with Gasteiger partial charge in [0.15, 0.2) is 0 Å². The summed E-state index contributed by atoms with van der Waals surface area (Å²) in [6.07, 6.45) is 0.712. The minimum atomic E-state index is -0.840. The SMILES string of the molecule is CCN(C)C(=O)CC1(Cc2ccccc2)C(=O)N(C)c2ccccc21.